The molecule has 0 bridgehead atoms. The second kappa shape index (κ2) is 7.85. The summed E-state index contributed by atoms with van der Waals surface area (Å²) in [7, 11) is 0. The molecule has 0 spiro atoms. The fourth-order valence-electron chi connectivity index (χ4n) is 4.94. The Morgan fingerprint density at radius 3 is 2.33 bits per heavy atom. The summed E-state index contributed by atoms with van der Waals surface area (Å²) < 4.78 is 0. The van der Waals surface area contributed by atoms with Gasteiger partial charge in [-0.1, -0.05) is 39.0 Å². The molecule has 3 aliphatic rings. The van der Waals surface area contributed by atoms with Crippen LogP contribution >= 0.6 is 0 Å². The van der Waals surface area contributed by atoms with Gasteiger partial charge in [-0.25, -0.2) is 0 Å². The lowest BCUT2D eigenvalue weighted by Crippen LogP contribution is -2.48. The van der Waals surface area contributed by atoms with Gasteiger partial charge in [0.25, 0.3) is 0 Å². The van der Waals surface area contributed by atoms with Gasteiger partial charge in [-0.2, -0.15) is 0 Å². The zero-order chi connectivity index (χ0) is 17.1. The Hall–Kier alpha value is -1.10. The van der Waals surface area contributed by atoms with Crippen molar-refractivity contribution in [3.05, 3.63) is 0 Å². The van der Waals surface area contributed by atoms with Gasteiger partial charge >= 0.3 is 5.97 Å². The molecule has 2 atom stereocenters. The molecule has 0 aromatic carbocycles. The van der Waals surface area contributed by atoms with Crippen molar-refractivity contribution in [2.75, 3.05) is 26.2 Å². The molecular formula is C19H32N2O3. The van der Waals surface area contributed by atoms with E-state index < -0.39 is 5.97 Å². The van der Waals surface area contributed by atoms with E-state index >= 15 is 0 Å². The number of aliphatic carboxylic acids is 1. The fourth-order valence-corrected chi connectivity index (χ4v) is 4.94. The summed E-state index contributed by atoms with van der Waals surface area (Å²) in [6.07, 6.45) is 9.67. The third kappa shape index (κ3) is 4.11. The Morgan fingerprint density at radius 1 is 1.08 bits per heavy atom. The minimum absolute atomic E-state index is 0.113. The third-order valence-electron chi connectivity index (χ3n) is 6.45. The van der Waals surface area contributed by atoms with E-state index in [4.69, 9.17) is 5.11 Å². The van der Waals surface area contributed by atoms with Gasteiger partial charge in [0.05, 0.1) is 6.54 Å². The predicted molar refractivity (Wildman–Crippen MR) is 92.7 cm³/mol. The van der Waals surface area contributed by atoms with Crippen LogP contribution in [0.1, 0.15) is 58.3 Å². The summed E-state index contributed by atoms with van der Waals surface area (Å²) in [5, 5.41) is 9.01. The second-order valence-electron chi connectivity index (χ2n) is 7.92. The number of likely N-dealkylation sites (tertiary alicyclic amines) is 1. The lowest BCUT2D eigenvalue weighted by molar-refractivity contribution is -0.140. The number of piperidine rings is 1. The first-order valence-corrected chi connectivity index (χ1v) is 9.84. The Labute approximate surface area is 145 Å². The summed E-state index contributed by atoms with van der Waals surface area (Å²) in [5.74, 6) is 1.38. The normalized spacial score (nSPS) is 29.0. The number of nitrogens with zero attached hydrogens (tertiary/aromatic N) is 2. The van der Waals surface area contributed by atoms with E-state index in [0.717, 1.165) is 44.8 Å². The summed E-state index contributed by atoms with van der Waals surface area (Å²) >= 11 is 0. The third-order valence-corrected chi connectivity index (χ3v) is 6.45. The van der Waals surface area contributed by atoms with Crippen molar-refractivity contribution in [1.29, 1.82) is 0 Å². The molecule has 136 valence electrons. The van der Waals surface area contributed by atoms with Gasteiger partial charge in [0.2, 0.25) is 5.91 Å². The highest BCUT2D eigenvalue weighted by Crippen LogP contribution is 2.50. The first-order valence-electron chi connectivity index (χ1n) is 9.84. The smallest absolute Gasteiger partial charge is 0.317 e. The molecule has 5 nitrogen and oxygen atoms in total. The van der Waals surface area contributed by atoms with Crippen molar-refractivity contribution in [3.63, 3.8) is 0 Å². The predicted octanol–water partition coefficient (Wildman–Crippen LogP) is 2.60. The topological polar surface area (TPSA) is 60.9 Å². The van der Waals surface area contributed by atoms with Crippen molar-refractivity contribution < 1.29 is 14.7 Å². The Morgan fingerprint density at radius 2 is 1.75 bits per heavy atom. The number of amides is 1. The van der Waals surface area contributed by atoms with E-state index in [-0.39, 0.29) is 6.54 Å². The lowest BCUT2D eigenvalue weighted by Gasteiger charge is -2.37. The van der Waals surface area contributed by atoms with Gasteiger partial charge in [0.1, 0.15) is 0 Å². The number of rotatable bonds is 6. The van der Waals surface area contributed by atoms with Crippen LogP contribution in [0.3, 0.4) is 0 Å². The number of likely N-dealkylation sites (N-methyl/N-ethyl adjacent to an activating group) is 1. The van der Waals surface area contributed by atoms with Crippen LogP contribution in [0.15, 0.2) is 0 Å². The van der Waals surface area contributed by atoms with Crippen LogP contribution in [0.25, 0.3) is 0 Å². The SMILES string of the molecule is CCN(CC(=O)O)C1CCN(C(=O)C2CC2C2CCCCC2)CC1. The van der Waals surface area contributed by atoms with Gasteiger partial charge in [-0.05, 0) is 37.6 Å². The molecule has 1 heterocycles. The molecule has 2 unspecified atom stereocenters. The molecule has 5 heteroatoms. The molecule has 1 N–H and O–H groups in total. The van der Waals surface area contributed by atoms with Crippen molar-refractivity contribution in [2.45, 2.75) is 64.3 Å². The largest absolute Gasteiger partial charge is 0.480 e. The maximum absolute atomic E-state index is 12.8. The average Bonchev–Trinajstić information content (AvgIpc) is 3.40. The Kier molecular flexibility index (Phi) is 5.80. The first-order chi connectivity index (χ1) is 11.6. The molecule has 0 radical (unpaired) electrons. The highest BCUT2D eigenvalue weighted by molar-refractivity contribution is 5.81. The average molecular weight is 336 g/mol. The van der Waals surface area contributed by atoms with Crippen LogP contribution < -0.4 is 0 Å². The molecule has 2 saturated carbocycles. The minimum atomic E-state index is -0.760. The van der Waals surface area contributed by atoms with E-state index in [1.165, 1.54) is 32.1 Å². The fraction of sp³-hybridized carbons (Fsp3) is 0.895. The first kappa shape index (κ1) is 17.7. The number of carbonyl (C=O) groups excluding carboxylic acids is 1. The second-order valence-corrected chi connectivity index (χ2v) is 7.92. The van der Waals surface area contributed by atoms with Gasteiger partial charge in [-0.3, -0.25) is 14.5 Å². The molecule has 1 aliphatic heterocycles. The molecule has 3 fully saturated rings. The Bertz CT molecular complexity index is 454. The van der Waals surface area contributed by atoms with Gasteiger partial charge in [0, 0.05) is 25.0 Å². The molecule has 1 saturated heterocycles. The van der Waals surface area contributed by atoms with Gasteiger partial charge < -0.3 is 10.0 Å². The standard InChI is InChI=1S/C19H32N2O3/c1-2-20(13-18(22)23)15-8-10-21(11-9-15)19(24)17-12-16(17)14-6-4-3-5-7-14/h14-17H,2-13H2,1H3,(H,22,23). The molecular weight excluding hydrogens is 304 g/mol. The van der Waals surface area contributed by atoms with E-state index in [1.807, 2.05) is 11.8 Å². The molecule has 0 aromatic heterocycles. The van der Waals surface area contributed by atoms with Gasteiger partial charge in [0.15, 0.2) is 0 Å². The summed E-state index contributed by atoms with van der Waals surface area (Å²) in [5.41, 5.74) is 0. The number of carboxylic acid groups (broad SMARTS) is 1. The minimum Gasteiger partial charge on any atom is -0.480 e. The van der Waals surface area contributed by atoms with Gasteiger partial charge in [-0.15, -0.1) is 0 Å². The summed E-state index contributed by atoms with van der Waals surface area (Å²) in [4.78, 5) is 27.8. The van der Waals surface area contributed by atoms with E-state index in [0.29, 0.717) is 23.8 Å². The van der Waals surface area contributed by atoms with Crippen LogP contribution in [0, 0.1) is 17.8 Å². The van der Waals surface area contributed by atoms with Crippen molar-refractivity contribution >= 4 is 11.9 Å². The van der Waals surface area contributed by atoms with Crippen molar-refractivity contribution in [2.24, 2.45) is 17.8 Å². The monoisotopic (exact) mass is 336 g/mol. The zero-order valence-corrected chi connectivity index (χ0v) is 15.0. The summed E-state index contributed by atoms with van der Waals surface area (Å²) in [6, 6.07) is 0.309. The van der Waals surface area contributed by atoms with Crippen molar-refractivity contribution in [3.8, 4) is 0 Å². The quantitative estimate of drug-likeness (QED) is 0.810. The van der Waals surface area contributed by atoms with Crippen LogP contribution in [0.4, 0.5) is 0 Å². The van der Waals surface area contributed by atoms with Crippen molar-refractivity contribution in [1.82, 2.24) is 9.80 Å². The Balaban J connectivity index is 1.45. The molecule has 2 aliphatic carbocycles. The number of hydrogen-bond donors (Lipinski definition) is 1. The summed E-state index contributed by atoms with van der Waals surface area (Å²) in [6.45, 7) is 4.49. The van der Waals surface area contributed by atoms with Crippen LogP contribution in [-0.4, -0.2) is 59.0 Å². The maximum atomic E-state index is 12.8. The lowest BCUT2D eigenvalue weighted by atomic mass is 9.85. The highest BCUT2D eigenvalue weighted by Gasteiger charge is 2.49. The van der Waals surface area contributed by atoms with Crippen LogP contribution in [-0.2, 0) is 9.59 Å². The zero-order valence-electron chi connectivity index (χ0n) is 15.0. The molecule has 0 aromatic rings. The highest BCUT2D eigenvalue weighted by atomic mass is 16.4. The van der Waals surface area contributed by atoms with E-state index in [1.54, 1.807) is 0 Å². The number of carboxylic acids is 1. The van der Waals surface area contributed by atoms with E-state index in [2.05, 4.69) is 4.90 Å². The molecule has 3 rings (SSSR count). The number of carbonyl (C=O) groups is 2. The van der Waals surface area contributed by atoms with E-state index in [9.17, 15) is 9.59 Å². The molecule has 1 amide bonds. The number of hydrogen-bond acceptors (Lipinski definition) is 3. The maximum Gasteiger partial charge on any atom is 0.317 e. The van der Waals surface area contributed by atoms with Crippen LogP contribution in [0.2, 0.25) is 0 Å². The molecule has 24 heavy (non-hydrogen) atoms. The van der Waals surface area contributed by atoms with Crippen LogP contribution in [0.5, 0.6) is 0 Å².